The molecule has 2 fully saturated rings. The van der Waals surface area contributed by atoms with Gasteiger partial charge in [0.25, 0.3) is 0 Å². The number of piperidine rings is 1. The fourth-order valence-corrected chi connectivity index (χ4v) is 4.67. The minimum Gasteiger partial charge on any atom is -0.397 e. The molecule has 2 aliphatic rings. The third kappa shape index (κ3) is 5.14. The predicted octanol–water partition coefficient (Wildman–Crippen LogP) is 4.95. The van der Waals surface area contributed by atoms with Crippen LogP contribution in [0.25, 0.3) is 0 Å². The first-order chi connectivity index (χ1) is 12.6. The normalized spacial score (nSPS) is 25.3. The quantitative estimate of drug-likeness (QED) is 0.635. The molecule has 1 aromatic rings. The van der Waals surface area contributed by atoms with E-state index in [4.69, 9.17) is 10.5 Å². The van der Waals surface area contributed by atoms with E-state index in [1.807, 2.05) is 6.07 Å². The van der Waals surface area contributed by atoms with Crippen molar-refractivity contribution in [2.75, 3.05) is 30.7 Å². The Balaban J connectivity index is 1.44. The summed E-state index contributed by atoms with van der Waals surface area (Å²) in [5.74, 6) is 0. The molecule has 0 atom stereocenters. The van der Waals surface area contributed by atoms with Gasteiger partial charge in [-0.3, -0.25) is 0 Å². The van der Waals surface area contributed by atoms with Crippen LogP contribution in [-0.4, -0.2) is 42.8 Å². The molecular weight excluding hydrogens is 390 g/mol. The van der Waals surface area contributed by atoms with Gasteiger partial charge in [0.15, 0.2) is 0 Å². The Hall–Kier alpha value is -0.780. The molecule has 0 amide bonds. The Morgan fingerprint density at radius 2 is 1.85 bits per heavy atom. The number of nitrogens with zero attached hydrogens (tertiary/aromatic N) is 1. The van der Waals surface area contributed by atoms with Gasteiger partial charge in [-0.05, 0) is 69.6 Å². The number of nitrogens with one attached hydrogen (secondary N) is 1. The monoisotopic (exact) mass is 423 g/mol. The molecule has 0 spiro atoms. The Morgan fingerprint density at radius 1 is 1.15 bits per heavy atom. The number of benzene rings is 1. The van der Waals surface area contributed by atoms with E-state index in [0.717, 1.165) is 34.9 Å². The van der Waals surface area contributed by atoms with E-state index < -0.39 is 0 Å². The van der Waals surface area contributed by atoms with Crippen LogP contribution in [0.1, 0.15) is 57.4 Å². The number of hydrogen-bond acceptors (Lipinski definition) is 4. The Bertz CT molecular complexity index is 579. The molecule has 5 heteroatoms. The van der Waals surface area contributed by atoms with Gasteiger partial charge in [0.1, 0.15) is 0 Å². The zero-order valence-electron chi connectivity index (χ0n) is 16.3. The van der Waals surface area contributed by atoms with Gasteiger partial charge in [0.05, 0.1) is 17.5 Å². The molecule has 1 saturated carbocycles. The molecule has 1 aliphatic heterocycles. The third-order valence-electron chi connectivity index (χ3n) is 5.94. The van der Waals surface area contributed by atoms with Crippen molar-refractivity contribution in [1.82, 2.24) is 4.90 Å². The second-order valence-corrected chi connectivity index (χ2v) is 8.80. The lowest BCUT2D eigenvalue weighted by molar-refractivity contribution is 0.00428. The van der Waals surface area contributed by atoms with Crippen molar-refractivity contribution in [2.45, 2.75) is 77.0 Å². The number of nitrogens with two attached hydrogens (primary N) is 1. The van der Waals surface area contributed by atoms with E-state index in [-0.39, 0.29) is 0 Å². The van der Waals surface area contributed by atoms with Crippen LogP contribution >= 0.6 is 15.9 Å². The average molecular weight is 424 g/mol. The Morgan fingerprint density at radius 3 is 2.50 bits per heavy atom. The van der Waals surface area contributed by atoms with Crippen LogP contribution in [-0.2, 0) is 4.74 Å². The Labute approximate surface area is 167 Å². The van der Waals surface area contributed by atoms with Crippen LogP contribution < -0.4 is 11.1 Å². The summed E-state index contributed by atoms with van der Waals surface area (Å²) in [7, 11) is 0. The van der Waals surface area contributed by atoms with Crippen LogP contribution in [0.3, 0.4) is 0 Å². The second-order valence-electron chi connectivity index (χ2n) is 7.94. The summed E-state index contributed by atoms with van der Waals surface area (Å²) in [6.45, 7) is 7.60. The highest BCUT2D eigenvalue weighted by Gasteiger charge is 2.29. The first-order valence-corrected chi connectivity index (χ1v) is 11.0. The smallest absolute Gasteiger partial charge is 0.0579 e. The van der Waals surface area contributed by atoms with Crippen LogP contribution in [0.2, 0.25) is 0 Å². The Kier molecular flexibility index (Phi) is 7.24. The molecule has 26 heavy (non-hydrogen) atoms. The number of aryl methyl sites for hydroxylation is 1. The van der Waals surface area contributed by atoms with Gasteiger partial charge in [-0.15, -0.1) is 0 Å². The predicted molar refractivity (Wildman–Crippen MR) is 114 cm³/mol. The van der Waals surface area contributed by atoms with E-state index in [1.165, 1.54) is 57.2 Å². The summed E-state index contributed by atoms with van der Waals surface area (Å²) in [4.78, 5) is 2.71. The lowest BCUT2D eigenvalue weighted by atomic mass is 9.90. The molecule has 3 rings (SSSR count). The van der Waals surface area contributed by atoms with Gasteiger partial charge in [-0.2, -0.15) is 0 Å². The number of nitrogen functional groups attached to an aromatic ring is 1. The molecule has 1 aromatic carbocycles. The minimum atomic E-state index is 0.508. The highest BCUT2D eigenvalue weighted by Crippen LogP contribution is 2.31. The van der Waals surface area contributed by atoms with Crippen molar-refractivity contribution in [3.63, 3.8) is 0 Å². The first kappa shape index (κ1) is 20.0. The van der Waals surface area contributed by atoms with Crippen LogP contribution in [0.15, 0.2) is 16.6 Å². The highest BCUT2D eigenvalue weighted by molar-refractivity contribution is 9.10. The SMILES string of the molecule is CCCOC1CCC(N2CCC(Nc3cc(C)c(Br)cc3N)CC2)CC1. The van der Waals surface area contributed by atoms with Gasteiger partial charge in [0, 0.05) is 36.3 Å². The molecule has 0 aromatic heterocycles. The topological polar surface area (TPSA) is 50.5 Å². The molecule has 146 valence electrons. The standard InChI is InChI=1S/C21H34BrN3O/c1-3-12-26-18-6-4-17(5-7-18)25-10-8-16(9-11-25)24-21-13-15(2)19(22)14-20(21)23/h13-14,16-18,24H,3-12,23H2,1-2H3. The number of anilines is 2. The number of rotatable bonds is 6. The van der Waals surface area contributed by atoms with Crippen LogP contribution in [0.4, 0.5) is 11.4 Å². The van der Waals surface area contributed by atoms with Gasteiger partial charge < -0.3 is 20.7 Å². The minimum absolute atomic E-state index is 0.508. The van der Waals surface area contributed by atoms with Crippen molar-refractivity contribution >= 4 is 27.3 Å². The molecule has 3 N–H and O–H groups in total. The van der Waals surface area contributed by atoms with Crippen molar-refractivity contribution in [3.8, 4) is 0 Å². The van der Waals surface area contributed by atoms with Crippen molar-refractivity contribution in [3.05, 3.63) is 22.2 Å². The second kappa shape index (κ2) is 9.43. The summed E-state index contributed by atoms with van der Waals surface area (Å²) >= 11 is 3.55. The number of ether oxygens (including phenoxy) is 1. The van der Waals surface area contributed by atoms with Gasteiger partial charge >= 0.3 is 0 Å². The third-order valence-corrected chi connectivity index (χ3v) is 6.79. The fourth-order valence-electron chi connectivity index (χ4n) is 4.31. The average Bonchev–Trinajstić information content (AvgIpc) is 2.65. The first-order valence-electron chi connectivity index (χ1n) is 10.2. The van der Waals surface area contributed by atoms with E-state index in [1.54, 1.807) is 0 Å². The van der Waals surface area contributed by atoms with E-state index >= 15 is 0 Å². The van der Waals surface area contributed by atoms with Gasteiger partial charge in [-0.1, -0.05) is 22.9 Å². The van der Waals surface area contributed by atoms with E-state index in [9.17, 15) is 0 Å². The van der Waals surface area contributed by atoms with Gasteiger partial charge in [-0.25, -0.2) is 0 Å². The van der Waals surface area contributed by atoms with Crippen molar-refractivity contribution in [1.29, 1.82) is 0 Å². The number of halogens is 1. The van der Waals surface area contributed by atoms with Crippen molar-refractivity contribution < 1.29 is 4.74 Å². The van der Waals surface area contributed by atoms with Crippen LogP contribution in [0.5, 0.6) is 0 Å². The maximum absolute atomic E-state index is 6.18. The summed E-state index contributed by atoms with van der Waals surface area (Å²) in [5.41, 5.74) is 9.32. The van der Waals surface area contributed by atoms with E-state index in [0.29, 0.717) is 12.1 Å². The van der Waals surface area contributed by atoms with E-state index in [2.05, 4.69) is 46.1 Å². The molecule has 4 nitrogen and oxygen atoms in total. The fraction of sp³-hybridized carbons (Fsp3) is 0.714. The lowest BCUT2D eigenvalue weighted by Gasteiger charge is -2.41. The molecule has 1 heterocycles. The zero-order chi connectivity index (χ0) is 18.5. The molecule has 0 bridgehead atoms. The summed E-state index contributed by atoms with van der Waals surface area (Å²) in [6, 6.07) is 5.45. The lowest BCUT2D eigenvalue weighted by Crippen LogP contribution is -2.46. The zero-order valence-corrected chi connectivity index (χ0v) is 17.9. The summed E-state index contributed by atoms with van der Waals surface area (Å²) < 4.78 is 7.01. The van der Waals surface area contributed by atoms with Crippen LogP contribution in [0, 0.1) is 6.92 Å². The maximum Gasteiger partial charge on any atom is 0.0579 e. The number of likely N-dealkylation sites (tertiary alicyclic amines) is 1. The summed E-state index contributed by atoms with van der Waals surface area (Å²) in [5, 5.41) is 3.68. The summed E-state index contributed by atoms with van der Waals surface area (Å²) in [6.07, 6.45) is 9.09. The molecule has 1 saturated heterocycles. The highest BCUT2D eigenvalue weighted by atomic mass is 79.9. The molecule has 0 radical (unpaired) electrons. The largest absolute Gasteiger partial charge is 0.397 e. The molecular formula is C21H34BrN3O. The molecule has 1 aliphatic carbocycles. The number of hydrogen-bond donors (Lipinski definition) is 2. The molecule has 0 unspecified atom stereocenters. The van der Waals surface area contributed by atoms with Gasteiger partial charge in [0.2, 0.25) is 0 Å². The van der Waals surface area contributed by atoms with Crippen molar-refractivity contribution in [2.24, 2.45) is 0 Å². The maximum atomic E-state index is 6.18.